The van der Waals surface area contributed by atoms with E-state index in [0.29, 0.717) is 15.7 Å². The van der Waals surface area contributed by atoms with Crippen molar-refractivity contribution in [3.05, 3.63) is 26.6 Å². The number of isothiocyanates is 1. The smallest absolute Gasteiger partial charge is 0.340 e. The standard InChI is InChI=1S/C9H5Br2NO2S/c1-14-9(13)6-2-5(10)3-7(11)8(6)12-4-15/h2-3H,1H3. The van der Waals surface area contributed by atoms with E-state index in [1.54, 1.807) is 12.1 Å². The number of halogens is 2. The van der Waals surface area contributed by atoms with Crippen LogP contribution in [0.25, 0.3) is 0 Å². The average molecular weight is 351 g/mol. The second-order valence-electron chi connectivity index (χ2n) is 2.48. The van der Waals surface area contributed by atoms with Crippen LogP contribution in [0.5, 0.6) is 0 Å². The fourth-order valence-corrected chi connectivity index (χ4v) is 2.40. The Hall–Kier alpha value is -0.550. The summed E-state index contributed by atoms with van der Waals surface area (Å²) in [5.41, 5.74) is 0.746. The number of nitrogens with zero attached hydrogens (tertiary/aromatic N) is 1. The first-order valence-corrected chi connectivity index (χ1v) is 5.74. The molecule has 0 atom stereocenters. The zero-order chi connectivity index (χ0) is 11.4. The summed E-state index contributed by atoms with van der Waals surface area (Å²) >= 11 is 11.1. The summed E-state index contributed by atoms with van der Waals surface area (Å²) in [6, 6.07) is 3.38. The quantitative estimate of drug-likeness (QED) is 0.463. The zero-order valence-electron chi connectivity index (χ0n) is 7.58. The van der Waals surface area contributed by atoms with Crippen molar-refractivity contribution in [1.29, 1.82) is 0 Å². The van der Waals surface area contributed by atoms with E-state index >= 15 is 0 Å². The Morgan fingerprint density at radius 1 is 1.53 bits per heavy atom. The van der Waals surface area contributed by atoms with Gasteiger partial charge in [0.15, 0.2) is 0 Å². The van der Waals surface area contributed by atoms with Crippen LogP contribution in [0, 0.1) is 0 Å². The van der Waals surface area contributed by atoms with Gasteiger partial charge < -0.3 is 4.74 Å². The maximum Gasteiger partial charge on any atom is 0.340 e. The van der Waals surface area contributed by atoms with Crippen LogP contribution in [0.15, 0.2) is 26.1 Å². The lowest BCUT2D eigenvalue weighted by atomic mass is 10.2. The van der Waals surface area contributed by atoms with Crippen molar-refractivity contribution in [2.75, 3.05) is 7.11 Å². The summed E-state index contributed by atoms with van der Waals surface area (Å²) < 4.78 is 6.03. The maximum absolute atomic E-state index is 11.4. The minimum atomic E-state index is -0.471. The average Bonchev–Trinajstić information content (AvgIpc) is 2.20. The lowest BCUT2D eigenvalue weighted by Crippen LogP contribution is -2.01. The Morgan fingerprint density at radius 3 is 2.73 bits per heavy atom. The first-order valence-electron chi connectivity index (χ1n) is 3.75. The molecule has 0 unspecified atom stereocenters. The van der Waals surface area contributed by atoms with Gasteiger partial charge in [0.25, 0.3) is 0 Å². The fourth-order valence-electron chi connectivity index (χ4n) is 0.991. The number of aliphatic imine (C=N–C) groups is 1. The first kappa shape index (κ1) is 12.5. The Labute approximate surface area is 109 Å². The van der Waals surface area contributed by atoms with Gasteiger partial charge in [-0.15, -0.1) is 0 Å². The lowest BCUT2D eigenvalue weighted by molar-refractivity contribution is 0.0601. The van der Waals surface area contributed by atoms with Gasteiger partial charge in [-0.05, 0) is 40.3 Å². The van der Waals surface area contributed by atoms with E-state index in [1.807, 2.05) is 0 Å². The molecule has 0 fully saturated rings. The molecule has 0 N–H and O–H groups in total. The van der Waals surface area contributed by atoms with Gasteiger partial charge in [0.05, 0.1) is 17.8 Å². The van der Waals surface area contributed by atoms with Crippen LogP contribution >= 0.6 is 44.1 Å². The van der Waals surface area contributed by atoms with Crippen molar-refractivity contribution in [2.24, 2.45) is 4.99 Å². The molecule has 0 saturated carbocycles. The van der Waals surface area contributed by atoms with Crippen molar-refractivity contribution in [3.8, 4) is 0 Å². The Balaban J connectivity index is 3.45. The van der Waals surface area contributed by atoms with Crippen molar-refractivity contribution in [2.45, 2.75) is 0 Å². The summed E-state index contributed by atoms with van der Waals surface area (Å²) in [5, 5.41) is 2.22. The topological polar surface area (TPSA) is 38.7 Å². The van der Waals surface area contributed by atoms with E-state index < -0.39 is 5.97 Å². The van der Waals surface area contributed by atoms with Crippen LogP contribution in [0.3, 0.4) is 0 Å². The number of rotatable bonds is 2. The molecule has 0 aliphatic heterocycles. The van der Waals surface area contributed by atoms with Gasteiger partial charge >= 0.3 is 5.97 Å². The summed E-state index contributed by atoms with van der Waals surface area (Å²) in [7, 11) is 1.31. The van der Waals surface area contributed by atoms with E-state index in [-0.39, 0.29) is 0 Å². The molecule has 0 aliphatic rings. The van der Waals surface area contributed by atoms with E-state index in [4.69, 9.17) is 0 Å². The summed E-state index contributed by atoms with van der Waals surface area (Å²) in [4.78, 5) is 15.2. The molecule has 0 radical (unpaired) electrons. The number of carbonyl (C=O) groups excluding carboxylic acids is 1. The van der Waals surface area contributed by atoms with Gasteiger partial charge in [0.1, 0.15) is 5.69 Å². The highest BCUT2D eigenvalue weighted by Gasteiger charge is 2.15. The van der Waals surface area contributed by atoms with Crippen molar-refractivity contribution < 1.29 is 9.53 Å². The van der Waals surface area contributed by atoms with Crippen molar-refractivity contribution in [3.63, 3.8) is 0 Å². The molecular formula is C9H5Br2NO2S. The van der Waals surface area contributed by atoms with Crippen LogP contribution < -0.4 is 0 Å². The molecule has 0 spiro atoms. The third-order valence-corrected chi connectivity index (χ3v) is 2.74. The van der Waals surface area contributed by atoms with Gasteiger partial charge in [0, 0.05) is 8.95 Å². The summed E-state index contributed by atoms with van der Waals surface area (Å²) in [6.07, 6.45) is 0. The van der Waals surface area contributed by atoms with Gasteiger partial charge in [-0.3, -0.25) is 0 Å². The number of esters is 1. The largest absolute Gasteiger partial charge is 0.465 e. The predicted octanol–water partition coefficient (Wildman–Crippen LogP) is 3.73. The van der Waals surface area contributed by atoms with Crippen molar-refractivity contribution >= 4 is 60.9 Å². The molecule has 0 aromatic heterocycles. The molecule has 1 aromatic carbocycles. The molecule has 1 aromatic rings. The number of thiocarbonyl (C=S) groups is 1. The molecule has 1 rings (SSSR count). The molecule has 0 heterocycles. The van der Waals surface area contributed by atoms with Crippen molar-refractivity contribution in [1.82, 2.24) is 0 Å². The zero-order valence-corrected chi connectivity index (χ0v) is 11.6. The Morgan fingerprint density at radius 2 is 2.20 bits per heavy atom. The second-order valence-corrected chi connectivity index (χ2v) is 4.43. The number of carbonyl (C=O) groups is 1. The number of benzene rings is 1. The summed E-state index contributed by atoms with van der Waals surface area (Å²) in [6.45, 7) is 0. The molecular weight excluding hydrogens is 346 g/mol. The number of hydrogen-bond donors (Lipinski definition) is 0. The molecule has 6 heteroatoms. The number of methoxy groups -OCH3 is 1. The molecule has 0 saturated heterocycles. The van der Waals surface area contributed by atoms with Crippen LogP contribution in [0.2, 0.25) is 0 Å². The highest BCUT2D eigenvalue weighted by Crippen LogP contribution is 2.33. The second kappa shape index (κ2) is 5.51. The van der Waals surface area contributed by atoms with Crippen LogP contribution in [-0.4, -0.2) is 18.2 Å². The van der Waals surface area contributed by atoms with E-state index in [2.05, 4.69) is 59.0 Å². The minimum Gasteiger partial charge on any atom is -0.465 e. The van der Waals surface area contributed by atoms with Gasteiger partial charge in [0.2, 0.25) is 0 Å². The van der Waals surface area contributed by atoms with Crippen LogP contribution in [0.1, 0.15) is 10.4 Å². The van der Waals surface area contributed by atoms with Crippen LogP contribution in [-0.2, 0) is 4.74 Å². The predicted molar refractivity (Wildman–Crippen MR) is 67.9 cm³/mol. The highest BCUT2D eigenvalue weighted by molar-refractivity contribution is 9.11. The minimum absolute atomic E-state index is 0.330. The molecule has 0 bridgehead atoms. The Kier molecular flexibility index (Phi) is 4.60. The SMILES string of the molecule is COC(=O)c1cc(Br)cc(Br)c1N=C=S. The van der Waals surface area contributed by atoms with Gasteiger partial charge in [-0.1, -0.05) is 15.9 Å². The van der Waals surface area contributed by atoms with Crippen LogP contribution in [0.4, 0.5) is 5.69 Å². The Bertz CT molecular complexity index is 456. The number of ether oxygens (including phenoxy) is 1. The normalized spacial score (nSPS) is 9.27. The molecule has 78 valence electrons. The third-order valence-electron chi connectivity index (χ3n) is 1.59. The van der Waals surface area contributed by atoms with Gasteiger partial charge in [-0.25, -0.2) is 4.79 Å². The first-order chi connectivity index (χ1) is 7.10. The molecule has 0 aliphatic carbocycles. The lowest BCUT2D eigenvalue weighted by Gasteiger charge is -2.05. The fraction of sp³-hybridized carbons (Fsp3) is 0.111. The van der Waals surface area contributed by atoms with E-state index in [1.165, 1.54) is 7.11 Å². The van der Waals surface area contributed by atoms with E-state index in [0.717, 1.165) is 4.47 Å². The maximum atomic E-state index is 11.4. The summed E-state index contributed by atoms with van der Waals surface area (Å²) in [5.74, 6) is -0.471. The highest BCUT2D eigenvalue weighted by atomic mass is 79.9. The van der Waals surface area contributed by atoms with Gasteiger partial charge in [-0.2, -0.15) is 4.99 Å². The monoisotopic (exact) mass is 349 g/mol. The third kappa shape index (κ3) is 2.95. The molecule has 3 nitrogen and oxygen atoms in total. The molecule has 0 amide bonds. The molecule has 15 heavy (non-hydrogen) atoms. The van der Waals surface area contributed by atoms with E-state index in [9.17, 15) is 4.79 Å². The number of hydrogen-bond acceptors (Lipinski definition) is 4.